The van der Waals surface area contributed by atoms with Gasteiger partial charge >= 0.3 is 0 Å². The third-order valence-corrected chi connectivity index (χ3v) is 6.13. The van der Waals surface area contributed by atoms with E-state index in [-0.39, 0.29) is 5.91 Å². The average molecular weight is 374 g/mol. The van der Waals surface area contributed by atoms with Gasteiger partial charge in [-0.2, -0.15) is 0 Å². The summed E-state index contributed by atoms with van der Waals surface area (Å²) in [7, 11) is -4.16. The summed E-state index contributed by atoms with van der Waals surface area (Å²) >= 11 is 0. The van der Waals surface area contributed by atoms with Gasteiger partial charge in [-0.1, -0.05) is 6.07 Å². The zero-order valence-electron chi connectivity index (χ0n) is 13.7. The lowest BCUT2D eigenvalue weighted by molar-refractivity contribution is -0.127. The highest BCUT2D eigenvalue weighted by Gasteiger charge is 2.31. The second-order valence-electron chi connectivity index (χ2n) is 5.99. The van der Waals surface area contributed by atoms with Crippen LogP contribution in [0.3, 0.4) is 0 Å². The maximum atomic E-state index is 13.8. The Labute approximate surface area is 144 Å². The first-order valence-electron chi connectivity index (χ1n) is 7.95. The zero-order valence-corrected chi connectivity index (χ0v) is 14.5. The molecule has 2 rings (SSSR count). The number of carbonyl (C=O) groups is 2. The first-order valence-corrected chi connectivity index (χ1v) is 9.66. The van der Waals surface area contributed by atoms with Crippen LogP contribution in [0.25, 0.3) is 0 Å². The summed E-state index contributed by atoms with van der Waals surface area (Å²) in [6, 6.07) is 2.25. The Morgan fingerprint density at radius 1 is 1.32 bits per heavy atom. The molecule has 1 saturated heterocycles. The van der Waals surface area contributed by atoms with Crippen molar-refractivity contribution >= 4 is 21.7 Å². The number of hydrogen-bond donors (Lipinski definition) is 2. The molecule has 1 aromatic carbocycles. The molecule has 0 spiro atoms. The molecular formula is C16H20F2N2O4S. The first kappa shape index (κ1) is 19.3. The highest BCUT2D eigenvalue weighted by molar-refractivity contribution is 7.92. The zero-order chi connectivity index (χ0) is 18.6. The molecule has 0 saturated carbocycles. The third-order valence-electron chi connectivity index (χ3n) is 4.15. The fourth-order valence-electron chi connectivity index (χ4n) is 2.70. The van der Waals surface area contributed by atoms with Crippen LogP contribution in [0.15, 0.2) is 18.2 Å². The van der Waals surface area contributed by atoms with Gasteiger partial charge in [0, 0.05) is 12.1 Å². The Morgan fingerprint density at radius 3 is 2.60 bits per heavy atom. The van der Waals surface area contributed by atoms with E-state index in [1.165, 1.54) is 0 Å². The summed E-state index contributed by atoms with van der Waals surface area (Å²) in [6.07, 6.45) is 1.91. The van der Waals surface area contributed by atoms with Gasteiger partial charge < -0.3 is 10.6 Å². The number of halogens is 2. The molecule has 2 amide bonds. The number of rotatable bonds is 5. The van der Waals surface area contributed by atoms with Gasteiger partial charge in [0.15, 0.2) is 9.84 Å². The number of benzene rings is 1. The van der Waals surface area contributed by atoms with Crippen LogP contribution in [0.5, 0.6) is 0 Å². The molecule has 25 heavy (non-hydrogen) atoms. The fraction of sp³-hybridized carbons (Fsp3) is 0.500. The largest absolute Gasteiger partial charge is 0.354 e. The highest BCUT2D eigenvalue weighted by Crippen LogP contribution is 2.27. The Bertz CT molecular complexity index is 747. The molecule has 0 bridgehead atoms. The molecule has 1 fully saturated rings. The molecule has 0 aromatic heterocycles. The molecule has 9 heteroatoms. The van der Waals surface area contributed by atoms with Crippen molar-refractivity contribution in [3.8, 4) is 0 Å². The minimum absolute atomic E-state index is 0.364. The van der Waals surface area contributed by atoms with Gasteiger partial charge in [0.2, 0.25) is 11.8 Å². The van der Waals surface area contributed by atoms with Gasteiger partial charge in [0.25, 0.3) is 0 Å². The number of amides is 2. The van der Waals surface area contributed by atoms with E-state index >= 15 is 0 Å². The molecule has 6 nitrogen and oxygen atoms in total. The van der Waals surface area contributed by atoms with Crippen LogP contribution >= 0.6 is 0 Å². The second kappa shape index (κ2) is 7.90. The Balaban J connectivity index is 2.09. The van der Waals surface area contributed by atoms with Crippen molar-refractivity contribution in [3.63, 3.8) is 0 Å². The molecule has 0 aliphatic carbocycles. The monoisotopic (exact) mass is 374 g/mol. The van der Waals surface area contributed by atoms with Crippen molar-refractivity contribution in [2.45, 2.75) is 37.5 Å². The highest BCUT2D eigenvalue weighted by atomic mass is 32.2. The van der Waals surface area contributed by atoms with E-state index in [0.29, 0.717) is 19.4 Å². The van der Waals surface area contributed by atoms with Gasteiger partial charge in [-0.05, 0) is 38.3 Å². The van der Waals surface area contributed by atoms with E-state index in [9.17, 15) is 26.8 Å². The van der Waals surface area contributed by atoms with Crippen LogP contribution in [-0.2, 0) is 19.4 Å². The smallest absolute Gasteiger partial charge is 0.242 e. The molecule has 1 aliphatic rings. The van der Waals surface area contributed by atoms with E-state index in [2.05, 4.69) is 10.6 Å². The Kier molecular flexibility index (Phi) is 6.10. The molecule has 1 heterocycles. The summed E-state index contributed by atoms with van der Waals surface area (Å²) in [5.41, 5.74) is -0.595. The fourth-order valence-corrected chi connectivity index (χ4v) is 3.98. The van der Waals surface area contributed by atoms with Gasteiger partial charge in [0.1, 0.15) is 23.4 Å². The van der Waals surface area contributed by atoms with Crippen LogP contribution in [0.2, 0.25) is 0 Å². The summed E-state index contributed by atoms with van der Waals surface area (Å²) in [6.45, 7) is 1.63. The van der Waals surface area contributed by atoms with Crippen molar-refractivity contribution in [1.82, 2.24) is 10.6 Å². The van der Waals surface area contributed by atoms with E-state index in [4.69, 9.17) is 0 Å². The van der Waals surface area contributed by atoms with Gasteiger partial charge in [-0.15, -0.1) is 0 Å². The molecule has 1 aliphatic heterocycles. The van der Waals surface area contributed by atoms with Crippen molar-refractivity contribution in [3.05, 3.63) is 35.4 Å². The summed E-state index contributed by atoms with van der Waals surface area (Å²) in [5, 5.41) is 3.48. The Hall–Kier alpha value is -2.03. The molecular weight excluding hydrogens is 354 g/mol. The van der Waals surface area contributed by atoms with E-state index in [0.717, 1.165) is 31.5 Å². The predicted octanol–water partition coefficient (Wildman–Crippen LogP) is 1.23. The lowest BCUT2D eigenvalue weighted by Crippen LogP contribution is -2.47. The maximum Gasteiger partial charge on any atom is 0.242 e. The van der Waals surface area contributed by atoms with Crippen molar-refractivity contribution in [1.29, 1.82) is 0 Å². The number of sulfone groups is 1. The van der Waals surface area contributed by atoms with Crippen LogP contribution in [0.1, 0.15) is 37.0 Å². The van der Waals surface area contributed by atoms with Gasteiger partial charge in [-0.25, -0.2) is 17.2 Å². The van der Waals surface area contributed by atoms with E-state index < -0.39 is 50.0 Å². The number of nitrogens with one attached hydrogen (secondary N) is 2. The minimum atomic E-state index is -4.16. The van der Waals surface area contributed by atoms with Crippen molar-refractivity contribution in [2.75, 3.05) is 12.3 Å². The molecule has 0 unspecified atom stereocenters. The van der Waals surface area contributed by atoms with Crippen LogP contribution in [-0.4, -0.2) is 38.6 Å². The van der Waals surface area contributed by atoms with Crippen molar-refractivity contribution < 1.29 is 26.8 Å². The van der Waals surface area contributed by atoms with E-state index in [1.54, 1.807) is 0 Å². The van der Waals surface area contributed by atoms with Crippen LogP contribution in [0.4, 0.5) is 8.78 Å². The normalized spacial score (nSPS) is 19.6. The number of carbonyl (C=O) groups excluding carboxylic acids is 2. The minimum Gasteiger partial charge on any atom is -0.354 e. The first-order chi connectivity index (χ1) is 11.7. The maximum absolute atomic E-state index is 13.8. The predicted molar refractivity (Wildman–Crippen MR) is 87.4 cm³/mol. The molecule has 0 radical (unpaired) electrons. The molecule has 138 valence electrons. The lowest BCUT2D eigenvalue weighted by atomic mass is 10.1. The SMILES string of the molecule is C[C@H](c1c(F)cccc1F)S(=O)(=O)CC(=O)N[C@@H]1CCCCNC1=O. The summed E-state index contributed by atoms with van der Waals surface area (Å²) < 4.78 is 52.2. The second-order valence-corrected chi connectivity index (χ2v) is 8.31. The standard InChI is InChI=1S/C16H20F2N2O4S/c1-10(15-11(17)5-4-6-12(15)18)25(23,24)9-14(21)20-13-7-2-3-8-19-16(13)22/h4-6,10,13H,2-3,7-9H2,1H3,(H,19,22)(H,20,21)/t10-,13-/m1/s1. The third kappa shape index (κ3) is 4.75. The van der Waals surface area contributed by atoms with E-state index in [1.807, 2.05) is 0 Å². The molecule has 1 aromatic rings. The average Bonchev–Trinajstić information content (AvgIpc) is 2.71. The van der Waals surface area contributed by atoms with Crippen molar-refractivity contribution in [2.24, 2.45) is 0 Å². The van der Waals surface area contributed by atoms with Crippen LogP contribution in [0, 0.1) is 11.6 Å². The lowest BCUT2D eigenvalue weighted by Gasteiger charge is -2.17. The van der Waals surface area contributed by atoms with Gasteiger partial charge in [0.05, 0.1) is 5.25 Å². The Morgan fingerprint density at radius 2 is 1.96 bits per heavy atom. The summed E-state index contributed by atoms with van der Waals surface area (Å²) in [5.74, 6) is -4.16. The summed E-state index contributed by atoms with van der Waals surface area (Å²) in [4.78, 5) is 23.8. The van der Waals surface area contributed by atoms with Crippen LogP contribution < -0.4 is 10.6 Å². The number of hydrogen-bond acceptors (Lipinski definition) is 4. The van der Waals surface area contributed by atoms with Gasteiger partial charge in [-0.3, -0.25) is 9.59 Å². The quantitative estimate of drug-likeness (QED) is 0.811. The molecule has 2 atom stereocenters. The topological polar surface area (TPSA) is 92.3 Å². The molecule has 2 N–H and O–H groups in total.